The maximum Gasteiger partial charge on any atom is 0.264 e. The molecule has 0 saturated carbocycles. The largest absolute Gasteiger partial charge is 0.365 e. The molecule has 1 unspecified atom stereocenters. The molecule has 5 rings (SSSR count). The maximum atomic E-state index is 13.3. The highest BCUT2D eigenvalue weighted by Crippen LogP contribution is 2.33. The first-order chi connectivity index (χ1) is 14.7. The lowest BCUT2D eigenvalue weighted by molar-refractivity contribution is 0.434. The molecule has 0 bridgehead atoms. The van der Waals surface area contributed by atoms with Crippen LogP contribution in [0.2, 0.25) is 0 Å². The van der Waals surface area contributed by atoms with E-state index in [0.717, 1.165) is 73.0 Å². The molecule has 2 fully saturated rings. The monoisotopic (exact) mass is 424 g/mol. The third kappa shape index (κ3) is 3.94. The minimum Gasteiger partial charge on any atom is -0.365 e. The van der Waals surface area contributed by atoms with Crippen LogP contribution in [0.3, 0.4) is 0 Å². The van der Waals surface area contributed by atoms with Gasteiger partial charge in [-0.3, -0.25) is 9.78 Å². The van der Waals surface area contributed by atoms with Gasteiger partial charge in [0.2, 0.25) is 5.95 Å². The zero-order valence-corrected chi connectivity index (χ0v) is 18.1. The lowest BCUT2D eigenvalue weighted by Crippen LogP contribution is -2.40. The van der Waals surface area contributed by atoms with E-state index in [1.807, 2.05) is 24.3 Å². The zero-order chi connectivity index (χ0) is 20.5. The molecular weight excluding hydrogens is 396 g/mol. The van der Waals surface area contributed by atoms with Crippen molar-refractivity contribution in [2.45, 2.75) is 38.6 Å². The van der Waals surface area contributed by atoms with Crippen molar-refractivity contribution < 1.29 is 0 Å². The highest BCUT2D eigenvalue weighted by Gasteiger charge is 2.24. The highest BCUT2D eigenvalue weighted by atomic mass is 32.1. The molecule has 0 aliphatic carbocycles. The Morgan fingerprint density at radius 1 is 1.17 bits per heavy atom. The van der Waals surface area contributed by atoms with Gasteiger partial charge in [0.05, 0.1) is 10.2 Å². The summed E-state index contributed by atoms with van der Waals surface area (Å²) in [6, 6.07) is 8.26. The Hall–Kier alpha value is -2.45. The number of para-hydroxylation sites is 1. The Labute approximate surface area is 179 Å². The Balaban J connectivity index is 1.56. The van der Waals surface area contributed by atoms with Crippen molar-refractivity contribution in [3.63, 3.8) is 0 Å². The summed E-state index contributed by atoms with van der Waals surface area (Å²) < 4.78 is 1.08. The van der Waals surface area contributed by atoms with Crippen LogP contribution in [0.25, 0.3) is 20.8 Å². The van der Waals surface area contributed by atoms with Crippen molar-refractivity contribution in [2.24, 2.45) is 5.92 Å². The van der Waals surface area contributed by atoms with Crippen molar-refractivity contribution in [1.82, 2.24) is 20.3 Å². The number of rotatable bonds is 4. The molecule has 2 saturated heterocycles. The molecule has 1 aromatic carbocycles. The summed E-state index contributed by atoms with van der Waals surface area (Å²) in [6.45, 7) is 6.06. The predicted molar refractivity (Wildman–Crippen MR) is 124 cm³/mol. The van der Waals surface area contributed by atoms with Gasteiger partial charge in [-0.2, -0.15) is 4.98 Å². The van der Waals surface area contributed by atoms with Crippen LogP contribution < -0.4 is 21.1 Å². The van der Waals surface area contributed by atoms with Crippen LogP contribution in [0.5, 0.6) is 0 Å². The van der Waals surface area contributed by atoms with Crippen LogP contribution >= 0.6 is 11.3 Å². The van der Waals surface area contributed by atoms with E-state index >= 15 is 0 Å². The van der Waals surface area contributed by atoms with Gasteiger partial charge in [0.15, 0.2) is 0 Å². The van der Waals surface area contributed by atoms with Gasteiger partial charge >= 0.3 is 0 Å². The zero-order valence-electron chi connectivity index (χ0n) is 17.3. The van der Waals surface area contributed by atoms with Crippen LogP contribution in [0, 0.1) is 5.92 Å². The fourth-order valence-electron chi connectivity index (χ4n) is 4.28. The van der Waals surface area contributed by atoms with E-state index in [1.165, 1.54) is 0 Å². The van der Waals surface area contributed by atoms with Gasteiger partial charge < -0.3 is 15.5 Å². The van der Waals surface area contributed by atoms with Crippen LogP contribution in [0.15, 0.2) is 29.1 Å². The molecular formula is C22H28N6OS. The van der Waals surface area contributed by atoms with E-state index in [-0.39, 0.29) is 11.6 Å². The third-order valence-electron chi connectivity index (χ3n) is 6.14. The number of nitrogens with zero attached hydrogens (tertiary/aromatic N) is 3. The first-order valence-corrected chi connectivity index (χ1v) is 11.7. The number of benzene rings is 1. The normalized spacial score (nSPS) is 20.6. The maximum absolute atomic E-state index is 13.3. The van der Waals surface area contributed by atoms with Gasteiger partial charge in [0, 0.05) is 25.7 Å². The van der Waals surface area contributed by atoms with Gasteiger partial charge in [0.1, 0.15) is 16.4 Å². The SMILES string of the molecule is CC1CCN(c2nc(NC3CCCNC3)c(-c3nc4ccccc4s3)c(=O)[nH]2)CC1. The summed E-state index contributed by atoms with van der Waals surface area (Å²) in [4.78, 5) is 28.2. The van der Waals surface area contributed by atoms with E-state index in [9.17, 15) is 4.79 Å². The lowest BCUT2D eigenvalue weighted by Gasteiger charge is -2.31. The molecule has 7 nitrogen and oxygen atoms in total. The number of H-pyrrole nitrogens is 1. The fourth-order valence-corrected chi connectivity index (χ4v) is 5.29. The molecule has 0 amide bonds. The predicted octanol–water partition coefficient (Wildman–Crippen LogP) is 3.45. The molecule has 30 heavy (non-hydrogen) atoms. The second-order valence-electron chi connectivity index (χ2n) is 8.46. The van der Waals surface area contributed by atoms with Crippen LogP contribution in [-0.2, 0) is 0 Å². The Morgan fingerprint density at radius 2 is 2.00 bits per heavy atom. The first kappa shape index (κ1) is 19.5. The third-order valence-corrected chi connectivity index (χ3v) is 7.19. The van der Waals surface area contributed by atoms with E-state index in [2.05, 4.69) is 27.4 Å². The highest BCUT2D eigenvalue weighted by molar-refractivity contribution is 7.21. The van der Waals surface area contributed by atoms with Crippen LogP contribution in [0.1, 0.15) is 32.6 Å². The van der Waals surface area contributed by atoms with Crippen molar-refractivity contribution in [3.05, 3.63) is 34.6 Å². The van der Waals surface area contributed by atoms with E-state index in [0.29, 0.717) is 17.3 Å². The smallest absolute Gasteiger partial charge is 0.264 e. The number of anilines is 2. The Bertz CT molecular complexity index is 1050. The number of nitrogens with one attached hydrogen (secondary N) is 3. The summed E-state index contributed by atoms with van der Waals surface area (Å²) in [6.07, 6.45) is 4.43. The summed E-state index contributed by atoms with van der Waals surface area (Å²) in [7, 11) is 0. The molecule has 0 spiro atoms. The van der Waals surface area contributed by atoms with Gasteiger partial charge in [-0.15, -0.1) is 11.3 Å². The van der Waals surface area contributed by atoms with Gasteiger partial charge in [0.25, 0.3) is 5.56 Å². The number of hydrogen-bond acceptors (Lipinski definition) is 7. The molecule has 3 N–H and O–H groups in total. The van der Waals surface area contributed by atoms with Gasteiger partial charge in [-0.05, 0) is 50.3 Å². The average Bonchev–Trinajstić information content (AvgIpc) is 3.18. The van der Waals surface area contributed by atoms with Crippen molar-refractivity contribution in [2.75, 3.05) is 36.4 Å². The Morgan fingerprint density at radius 3 is 2.77 bits per heavy atom. The molecule has 4 heterocycles. The topological polar surface area (TPSA) is 85.9 Å². The van der Waals surface area contributed by atoms with Crippen molar-refractivity contribution >= 4 is 33.3 Å². The number of aromatic amines is 1. The second-order valence-corrected chi connectivity index (χ2v) is 9.49. The standard InChI is InChI=1S/C22H28N6OS/c1-14-8-11-28(12-9-14)22-26-19(24-15-5-4-10-23-13-15)18(20(29)27-22)21-25-16-6-2-3-7-17(16)30-21/h2-3,6-7,14-15,23H,4-5,8-13H2,1H3,(H2,24,26,27,29). The molecule has 2 aliphatic heterocycles. The van der Waals surface area contributed by atoms with Crippen LogP contribution in [0.4, 0.5) is 11.8 Å². The number of thiazole rings is 1. The number of hydrogen-bond donors (Lipinski definition) is 3. The second kappa shape index (κ2) is 8.35. The summed E-state index contributed by atoms with van der Waals surface area (Å²) >= 11 is 1.54. The molecule has 1 atom stereocenters. The number of piperidine rings is 2. The van der Waals surface area contributed by atoms with Crippen molar-refractivity contribution in [3.8, 4) is 10.6 Å². The summed E-state index contributed by atoms with van der Waals surface area (Å²) in [5.74, 6) is 2.05. The minimum absolute atomic E-state index is 0.121. The van der Waals surface area contributed by atoms with E-state index < -0.39 is 0 Å². The molecule has 2 aromatic heterocycles. The summed E-state index contributed by atoms with van der Waals surface area (Å²) in [5, 5.41) is 7.72. The summed E-state index contributed by atoms with van der Waals surface area (Å²) in [5.41, 5.74) is 1.34. The minimum atomic E-state index is -0.121. The molecule has 8 heteroatoms. The van der Waals surface area contributed by atoms with Crippen molar-refractivity contribution in [1.29, 1.82) is 0 Å². The molecule has 158 valence electrons. The van der Waals surface area contributed by atoms with Gasteiger partial charge in [-0.1, -0.05) is 19.1 Å². The molecule has 3 aromatic rings. The van der Waals surface area contributed by atoms with Gasteiger partial charge in [-0.25, -0.2) is 4.98 Å². The average molecular weight is 425 g/mol. The van der Waals surface area contributed by atoms with Crippen LogP contribution in [-0.4, -0.2) is 47.2 Å². The Kier molecular flexibility index (Phi) is 5.43. The lowest BCUT2D eigenvalue weighted by atomic mass is 10.00. The number of fused-ring (bicyclic) bond motifs is 1. The quantitative estimate of drug-likeness (QED) is 0.595. The fraction of sp³-hybridized carbons (Fsp3) is 0.500. The molecule has 0 radical (unpaired) electrons. The molecule has 2 aliphatic rings. The first-order valence-electron chi connectivity index (χ1n) is 10.9. The van der Waals surface area contributed by atoms with E-state index in [4.69, 9.17) is 9.97 Å². The number of aromatic nitrogens is 3. The van der Waals surface area contributed by atoms with E-state index in [1.54, 1.807) is 11.3 Å².